The Morgan fingerprint density at radius 2 is 2.13 bits per heavy atom. The predicted octanol–water partition coefficient (Wildman–Crippen LogP) is 2.40. The maximum atomic E-state index is 4.41. The van der Waals surface area contributed by atoms with Gasteiger partial charge in [0.2, 0.25) is 0 Å². The van der Waals surface area contributed by atoms with Crippen molar-refractivity contribution in [3.05, 3.63) is 17.6 Å². The molecule has 0 spiro atoms. The van der Waals surface area contributed by atoms with E-state index in [0.29, 0.717) is 0 Å². The van der Waals surface area contributed by atoms with Gasteiger partial charge in [-0.05, 0) is 26.3 Å². The van der Waals surface area contributed by atoms with Crippen LogP contribution >= 0.6 is 0 Å². The van der Waals surface area contributed by atoms with Crippen molar-refractivity contribution >= 4 is 16.9 Å². The van der Waals surface area contributed by atoms with Gasteiger partial charge >= 0.3 is 0 Å². The average Bonchev–Trinajstić information content (AvgIpc) is 2.54. The van der Waals surface area contributed by atoms with E-state index < -0.39 is 0 Å². The summed E-state index contributed by atoms with van der Waals surface area (Å²) in [5.74, 6) is 1.73. The first-order chi connectivity index (χ1) is 7.20. The molecular weight excluding hydrogens is 188 g/mol. The molecule has 4 nitrogen and oxygen atoms in total. The topological polar surface area (TPSA) is 53.6 Å². The highest BCUT2D eigenvalue weighted by molar-refractivity contribution is 5.87. The number of fused-ring (bicyclic) bond motifs is 1. The summed E-state index contributed by atoms with van der Waals surface area (Å²) in [5.41, 5.74) is 2.03. The minimum atomic E-state index is 0.794. The number of nitrogens with zero attached hydrogens (tertiary/aromatic N) is 2. The normalized spacial score (nSPS) is 10.9. The summed E-state index contributed by atoms with van der Waals surface area (Å²) in [6.45, 7) is 7.02. The first-order valence-corrected chi connectivity index (χ1v) is 5.28. The van der Waals surface area contributed by atoms with Crippen LogP contribution in [0.25, 0.3) is 11.0 Å². The smallest absolute Gasteiger partial charge is 0.143 e. The Labute approximate surface area is 89.1 Å². The van der Waals surface area contributed by atoms with E-state index in [1.807, 2.05) is 13.8 Å². The largest absolute Gasteiger partial charge is 0.369 e. The van der Waals surface area contributed by atoms with Gasteiger partial charge in [0.15, 0.2) is 0 Å². The fraction of sp³-hybridized carbons (Fsp3) is 0.455. The third-order valence-corrected chi connectivity index (χ3v) is 2.28. The SMILES string of the molecule is CCCNc1nc(C)nc2[nH]c(C)cc12. The third kappa shape index (κ3) is 1.93. The highest BCUT2D eigenvalue weighted by Gasteiger charge is 2.07. The van der Waals surface area contributed by atoms with Gasteiger partial charge in [0.25, 0.3) is 0 Å². The van der Waals surface area contributed by atoms with Crippen LogP contribution in [-0.4, -0.2) is 21.5 Å². The van der Waals surface area contributed by atoms with Gasteiger partial charge in [0.1, 0.15) is 17.3 Å². The van der Waals surface area contributed by atoms with Crippen molar-refractivity contribution in [2.24, 2.45) is 0 Å². The molecule has 80 valence electrons. The van der Waals surface area contributed by atoms with Crippen molar-refractivity contribution in [1.29, 1.82) is 0 Å². The van der Waals surface area contributed by atoms with E-state index in [1.54, 1.807) is 0 Å². The van der Waals surface area contributed by atoms with Gasteiger partial charge in [-0.25, -0.2) is 9.97 Å². The minimum absolute atomic E-state index is 0.794. The zero-order valence-corrected chi connectivity index (χ0v) is 9.39. The van der Waals surface area contributed by atoms with Crippen molar-refractivity contribution in [3.8, 4) is 0 Å². The Kier molecular flexibility index (Phi) is 2.58. The van der Waals surface area contributed by atoms with Gasteiger partial charge in [-0.1, -0.05) is 6.92 Å². The highest BCUT2D eigenvalue weighted by Crippen LogP contribution is 2.20. The molecule has 2 rings (SSSR count). The van der Waals surface area contributed by atoms with Crippen LogP contribution in [0.3, 0.4) is 0 Å². The number of nitrogens with one attached hydrogen (secondary N) is 2. The monoisotopic (exact) mass is 204 g/mol. The Balaban J connectivity index is 2.50. The Hall–Kier alpha value is -1.58. The van der Waals surface area contributed by atoms with Crippen molar-refractivity contribution < 1.29 is 0 Å². The number of hydrogen-bond acceptors (Lipinski definition) is 3. The van der Waals surface area contributed by atoms with Crippen LogP contribution in [0.4, 0.5) is 5.82 Å². The zero-order chi connectivity index (χ0) is 10.8. The first kappa shape index (κ1) is 9.96. The summed E-state index contributed by atoms with van der Waals surface area (Å²) in [5, 5.41) is 4.40. The molecule has 0 atom stereocenters. The molecule has 2 aromatic heterocycles. The molecule has 2 aromatic rings. The lowest BCUT2D eigenvalue weighted by molar-refractivity contribution is 0.962. The van der Waals surface area contributed by atoms with Gasteiger partial charge in [-0.2, -0.15) is 0 Å². The summed E-state index contributed by atoms with van der Waals surface area (Å²) >= 11 is 0. The Bertz CT molecular complexity index is 473. The number of H-pyrrole nitrogens is 1. The molecule has 0 saturated carbocycles. The maximum absolute atomic E-state index is 4.41. The second kappa shape index (κ2) is 3.88. The van der Waals surface area contributed by atoms with Crippen LogP contribution in [0.5, 0.6) is 0 Å². The maximum Gasteiger partial charge on any atom is 0.143 e. The van der Waals surface area contributed by atoms with E-state index in [4.69, 9.17) is 0 Å². The number of aromatic amines is 1. The molecule has 4 heteroatoms. The number of hydrogen-bond donors (Lipinski definition) is 2. The molecule has 2 heterocycles. The molecule has 0 aliphatic heterocycles. The summed E-state index contributed by atoms with van der Waals surface area (Å²) in [6, 6.07) is 2.08. The van der Waals surface area contributed by atoms with Gasteiger partial charge in [0, 0.05) is 12.2 Å². The van der Waals surface area contributed by atoms with Crippen LogP contribution in [-0.2, 0) is 0 Å². The minimum Gasteiger partial charge on any atom is -0.369 e. The molecule has 0 aliphatic rings. The van der Waals surface area contributed by atoms with Crippen LogP contribution in [0.1, 0.15) is 24.9 Å². The zero-order valence-electron chi connectivity index (χ0n) is 9.39. The van der Waals surface area contributed by atoms with Crippen molar-refractivity contribution in [1.82, 2.24) is 15.0 Å². The lowest BCUT2D eigenvalue weighted by atomic mass is 10.3. The van der Waals surface area contributed by atoms with E-state index in [1.165, 1.54) is 0 Å². The molecule has 0 aromatic carbocycles. The summed E-state index contributed by atoms with van der Waals surface area (Å²) in [6.07, 6.45) is 1.09. The van der Waals surface area contributed by atoms with Crippen LogP contribution in [0.15, 0.2) is 6.07 Å². The summed E-state index contributed by atoms with van der Waals surface area (Å²) < 4.78 is 0. The van der Waals surface area contributed by atoms with Gasteiger partial charge in [0.05, 0.1) is 5.39 Å². The lowest BCUT2D eigenvalue weighted by Gasteiger charge is -2.05. The molecule has 2 N–H and O–H groups in total. The number of rotatable bonds is 3. The van der Waals surface area contributed by atoms with Gasteiger partial charge in [-0.3, -0.25) is 0 Å². The fourth-order valence-corrected chi connectivity index (χ4v) is 1.63. The third-order valence-electron chi connectivity index (χ3n) is 2.28. The summed E-state index contributed by atoms with van der Waals surface area (Å²) in [7, 11) is 0. The standard InChI is InChI=1S/C11H16N4/c1-4-5-12-10-9-6-7(2)13-11(9)15-8(3)14-10/h6H,4-5H2,1-3H3,(H2,12,13,14,15). The van der Waals surface area contributed by atoms with E-state index >= 15 is 0 Å². The molecule has 0 bridgehead atoms. The fourth-order valence-electron chi connectivity index (χ4n) is 1.63. The van der Waals surface area contributed by atoms with Crippen LogP contribution < -0.4 is 5.32 Å². The predicted molar refractivity (Wildman–Crippen MR) is 62.1 cm³/mol. The van der Waals surface area contributed by atoms with Crippen LogP contribution in [0, 0.1) is 13.8 Å². The second-order valence-electron chi connectivity index (χ2n) is 3.76. The average molecular weight is 204 g/mol. The van der Waals surface area contributed by atoms with E-state index in [2.05, 4.69) is 33.3 Å². The molecule has 0 radical (unpaired) electrons. The molecule has 0 aliphatic carbocycles. The Morgan fingerprint density at radius 3 is 2.87 bits per heavy atom. The van der Waals surface area contributed by atoms with E-state index in [0.717, 1.165) is 41.3 Å². The molecule has 0 unspecified atom stereocenters. The lowest BCUT2D eigenvalue weighted by Crippen LogP contribution is -2.04. The second-order valence-corrected chi connectivity index (χ2v) is 3.76. The van der Waals surface area contributed by atoms with Crippen LogP contribution in [0.2, 0.25) is 0 Å². The highest BCUT2D eigenvalue weighted by atomic mass is 15.0. The molecule has 0 amide bonds. The number of aryl methyl sites for hydroxylation is 2. The summed E-state index contributed by atoms with van der Waals surface area (Å²) in [4.78, 5) is 12.0. The molecule has 15 heavy (non-hydrogen) atoms. The molecule has 0 fully saturated rings. The van der Waals surface area contributed by atoms with Gasteiger partial charge in [-0.15, -0.1) is 0 Å². The number of aromatic nitrogens is 3. The van der Waals surface area contributed by atoms with Crippen molar-refractivity contribution in [2.75, 3.05) is 11.9 Å². The van der Waals surface area contributed by atoms with E-state index in [-0.39, 0.29) is 0 Å². The molecule has 0 saturated heterocycles. The molecular formula is C11H16N4. The Morgan fingerprint density at radius 1 is 1.33 bits per heavy atom. The first-order valence-electron chi connectivity index (χ1n) is 5.28. The van der Waals surface area contributed by atoms with Crippen molar-refractivity contribution in [3.63, 3.8) is 0 Å². The van der Waals surface area contributed by atoms with Crippen molar-refractivity contribution in [2.45, 2.75) is 27.2 Å². The van der Waals surface area contributed by atoms with E-state index in [9.17, 15) is 0 Å². The number of anilines is 1. The quantitative estimate of drug-likeness (QED) is 0.807. The van der Waals surface area contributed by atoms with Gasteiger partial charge < -0.3 is 10.3 Å².